The molecule has 3 aromatic carbocycles. The Morgan fingerprint density at radius 3 is 1.92 bits per heavy atom. The number of amides is 1. The summed E-state index contributed by atoms with van der Waals surface area (Å²) >= 11 is 0. The predicted octanol–water partition coefficient (Wildman–Crippen LogP) is 7.00. The zero-order chi connectivity index (χ0) is 26.4. The van der Waals surface area contributed by atoms with Gasteiger partial charge in [0.15, 0.2) is 5.78 Å². The fourth-order valence-electron chi connectivity index (χ4n) is 6.93. The molecule has 2 heterocycles. The number of piperidine rings is 2. The highest BCUT2D eigenvalue weighted by atomic mass is 28.3. The van der Waals surface area contributed by atoms with E-state index in [0.29, 0.717) is 6.61 Å². The molecule has 2 atom stereocenters. The SMILES string of the molecule is C[Si](C)(C)c1ccc(C(=O)C2CC3CCCC(C2)N3C(=O)OCC2c3ccccc3-c3ccccc32)cc1. The molecule has 2 bridgehead atoms. The molecular formula is C33H37NO3Si. The number of Topliss-reactive ketones (excluding diaryl/α,β-unsaturated/α-hetero) is 1. The lowest BCUT2D eigenvalue weighted by Crippen LogP contribution is -2.55. The second-order valence-electron chi connectivity index (χ2n) is 12.3. The van der Waals surface area contributed by atoms with Gasteiger partial charge in [0.25, 0.3) is 0 Å². The van der Waals surface area contributed by atoms with Crippen LogP contribution >= 0.6 is 0 Å². The molecule has 196 valence electrons. The lowest BCUT2D eigenvalue weighted by atomic mass is 9.76. The standard InChI is InChI=1S/C33H37NO3Si/c1-38(2,3)26-17-15-22(16-18-26)32(35)23-19-24-9-8-10-25(20-23)34(24)33(36)37-21-31-29-13-6-4-11-27(29)28-12-5-7-14-30(28)31/h4-7,11-18,23-25,31H,8-10,19-21H2,1-3H3. The highest BCUT2D eigenvalue weighted by Crippen LogP contribution is 2.45. The van der Waals surface area contributed by atoms with Crippen LogP contribution in [0.4, 0.5) is 4.79 Å². The summed E-state index contributed by atoms with van der Waals surface area (Å²) in [5.74, 6) is 0.265. The van der Waals surface area contributed by atoms with Crippen molar-refractivity contribution in [3.8, 4) is 11.1 Å². The van der Waals surface area contributed by atoms with E-state index in [2.05, 4.69) is 80.3 Å². The van der Waals surface area contributed by atoms with Crippen LogP contribution in [-0.4, -0.2) is 43.5 Å². The van der Waals surface area contributed by atoms with Crippen LogP contribution in [-0.2, 0) is 4.74 Å². The maximum Gasteiger partial charge on any atom is 0.410 e. The molecule has 4 nitrogen and oxygen atoms in total. The fourth-order valence-corrected chi connectivity index (χ4v) is 8.10. The van der Waals surface area contributed by atoms with Crippen LogP contribution < -0.4 is 5.19 Å². The zero-order valence-electron chi connectivity index (χ0n) is 22.7. The van der Waals surface area contributed by atoms with Crippen LogP contribution in [0.3, 0.4) is 0 Å². The Morgan fingerprint density at radius 1 is 0.816 bits per heavy atom. The molecule has 38 heavy (non-hydrogen) atoms. The van der Waals surface area contributed by atoms with Crippen molar-refractivity contribution in [2.45, 2.75) is 69.7 Å². The molecule has 0 radical (unpaired) electrons. The van der Waals surface area contributed by atoms with E-state index in [-0.39, 0.29) is 35.8 Å². The van der Waals surface area contributed by atoms with Gasteiger partial charge < -0.3 is 9.64 Å². The van der Waals surface area contributed by atoms with E-state index < -0.39 is 8.07 Å². The normalized spacial score (nSPS) is 22.5. The average molecular weight is 524 g/mol. The van der Waals surface area contributed by atoms with E-state index >= 15 is 0 Å². The van der Waals surface area contributed by atoms with Gasteiger partial charge in [-0.05, 0) is 54.4 Å². The van der Waals surface area contributed by atoms with E-state index in [1.165, 1.54) is 27.4 Å². The number of carbonyl (C=O) groups excluding carboxylic acids is 2. The minimum absolute atomic E-state index is 0.0272. The van der Waals surface area contributed by atoms with Crippen LogP contribution in [0.25, 0.3) is 11.1 Å². The number of rotatable bonds is 5. The molecule has 0 N–H and O–H groups in total. The van der Waals surface area contributed by atoms with Crippen LogP contribution in [0.5, 0.6) is 0 Å². The van der Waals surface area contributed by atoms with Crippen molar-refractivity contribution < 1.29 is 14.3 Å². The van der Waals surface area contributed by atoms with Crippen molar-refractivity contribution in [1.82, 2.24) is 4.90 Å². The molecule has 0 saturated carbocycles. The van der Waals surface area contributed by atoms with Gasteiger partial charge >= 0.3 is 6.09 Å². The number of ether oxygens (including phenoxy) is 1. The molecule has 2 fully saturated rings. The number of benzene rings is 3. The van der Waals surface area contributed by atoms with Gasteiger partial charge in [0.05, 0.1) is 8.07 Å². The lowest BCUT2D eigenvalue weighted by molar-refractivity contribution is 0.00651. The van der Waals surface area contributed by atoms with Gasteiger partial charge in [-0.25, -0.2) is 4.79 Å². The number of carbonyl (C=O) groups is 2. The molecule has 2 saturated heterocycles. The number of ketones is 1. The Morgan fingerprint density at radius 2 is 1.37 bits per heavy atom. The third kappa shape index (κ3) is 4.51. The maximum absolute atomic E-state index is 13.5. The van der Waals surface area contributed by atoms with Crippen LogP contribution in [0.2, 0.25) is 19.6 Å². The van der Waals surface area contributed by atoms with Gasteiger partial charge in [-0.1, -0.05) is 97.6 Å². The molecule has 1 amide bonds. The summed E-state index contributed by atoms with van der Waals surface area (Å²) in [5.41, 5.74) is 5.73. The lowest BCUT2D eigenvalue weighted by Gasteiger charge is -2.47. The molecule has 6 rings (SSSR count). The number of nitrogens with zero attached hydrogens (tertiary/aromatic N) is 1. The molecule has 0 aromatic heterocycles. The number of hydrogen-bond donors (Lipinski definition) is 0. The first-order valence-corrected chi connectivity index (χ1v) is 17.6. The van der Waals surface area contributed by atoms with Gasteiger partial charge in [0, 0.05) is 29.5 Å². The molecule has 1 aliphatic carbocycles. The Labute approximate surface area is 227 Å². The van der Waals surface area contributed by atoms with Crippen molar-refractivity contribution >= 4 is 25.1 Å². The van der Waals surface area contributed by atoms with Crippen molar-refractivity contribution in [1.29, 1.82) is 0 Å². The number of hydrogen-bond acceptors (Lipinski definition) is 3. The molecule has 5 heteroatoms. The highest BCUT2D eigenvalue weighted by molar-refractivity contribution is 6.88. The van der Waals surface area contributed by atoms with E-state index in [1.807, 2.05) is 17.0 Å². The van der Waals surface area contributed by atoms with Crippen LogP contribution in [0.15, 0.2) is 72.8 Å². The summed E-state index contributed by atoms with van der Waals surface area (Å²) in [6.45, 7) is 7.31. The Hall–Kier alpha value is -3.18. The second kappa shape index (κ2) is 9.85. The van der Waals surface area contributed by atoms with E-state index in [1.54, 1.807) is 0 Å². The van der Waals surface area contributed by atoms with Crippen LogP contribution in [0.1, 0.15) is 59.5 Å². The molecule has 3 aromatic rings. The Balaban J connectivity index is 1.14. The van der Waals surface area contributed by atoms with Crippen LogP contribution in [0, 0.1) is 5.92 Å². The minimum atomic E-state index is -1.40. The van der Waals surface area contributed by atoms with E-state index in [0.717, 1.165) is 37.7 Å². The Kier molecular flexibility index (Phi) is 6.51. The first-order chi connectivity index (χ1) is 18.3. The monoisotopic (exact) mass is 523 g/mol. The third-order valence-electron chi connectivity index (χ3n) is 8.93. The van der Waals surface area contributed by atoms with Gasteiger partial charge in [-0.2, -0.15) is 0 Å². The minimum Gasteiger partial charge on any atom is -0.448 e. The van der Waals surface area contributed by atoms with Crippen molar-refractivity contribution in [2.75, 3.05) is 6.61 Å². The summed E-state index contributed by atoms with van der Waals surface area (Å²) in [6, 6.07) is 25.3. The summed E-state index contributed by atoms with van der Waals surface area (Å²) in [4.78, 5) is 29.0. The van der Waals surface area contributed by atoms with Crippen molar-refractivity contribution in [2.24, 2.45) is 5.92 Å². The summed E-state index contributed by atoms with van der Waals surface area (Å²) in [6.07, 6.45) is 4.24. The molecular weight excluding hydrogens is 486 g/mol. The topological polar surface area (TPSA) is 46.6 Å². The maximum atomic E-state index is 13.5. The van der Waals surface area contributed by atoms with Crippen molar-refractivity contribution in [3.05, 3.63) is 89.5 Å². The highest BCUT2D eigenvalue weighted by Gasteiger charge is 2.44. The quantitative estimate of drug-likeness (QED) is 0.267. The molecule has 0 spiro atoms. The molecule has 3 aliphatic rings. The van der Waals surface area contributed by atoms with Gasteiger partial charge in [-0.15, -0.1) is 0 Å². The first-order valence-electron chi connectivity index (χ1n) is 14.1. The molecule has 2 aliphatic heterocycles. The van der Waals surface area contributed by atoms with Gasteiger partial charge in [0.1, 0.15) is 6.61 Å². The van der Waals surface area contributed by atoms with E-state index in [4.69, 9.17) is 4.74 Å². The average Bonchev–Trinajstić information content (AvgIpc) is 3.24. The van der Waals surface area contributed by atoms with E-state index in [9.17, 15) is 9.59 Å². The van der Waals surface area contributed by atoms with Crippen molar-refractivity contribution in [3.63, 3.8) is 0 Å². The fraction of sp³-hybridized carbons (Fsp3) is 0.394. The third-order valence-corrected chi connectivity index (χ3v) is 11.0. The van der Waals surface area contributed by atoms with Gasteiger partial charge in [0.2, 0.25) is 0 Å². The first kappa shape index (κ1) is 25.1. The molecule has 2 unspecified atom stereocenters. The Bertz CT molecular complexity index is 1300. The largest absolute Gasteiger partial charge is 0.448 e. The summed E-state index contributed by atoms with van der Waals surface area (Å²) < 4.78 is 6.05. The smallest absolute Gasteiger partial charge is 0.410 e. The summed E-state index contributed by atoms with van der Waals surface area (Å²) in [5, 5.41) is 1.37. The second-order valence-corrected chi connectivity index (χ2v) is 17.4. The zero-order valence-corrected chi connectivity index (χ0v) is 23.7. The van der Waals surface area contributed by atoms with Gasteiger partial charge in [-0.3, -0.25) is 4.79 Å². The summed E-state index contributed by atoms with van der Waals surface area (Å²) in [7, 11) is -1.40. The number of fused-ring (bicyclic) bond motifs is 5. The predicted molar refractivity (Wildman–Crippen MR) is 155 cm³/mol.